The molecule has 1 unspecified atom stereocenters. The standard InChI is InChI=1S/C19H30N8/c1-12-8-15(19(21)23-18(20)24-25-19)11-22-17(12)27-6-4-26(5-7-27)16-10-13-2-3-14(16)9-13/h8,11,13-14,16,25H,2-7,9-10,21H2,1H3,(H3,20,23,24)/t13-,14+,16+,19?/m1/s1. The van der Waals surface area contributed by atoms with E-state index in [2.05, 4.69) is 38.6 Å². The smallest absolute Gasteiger partial charge is 0.210 e. The monoisotopic (exact) mass is 370 g/mol. The van der Waals surface area contributed by atoms with E-state index in [0.717, 1.165) is 61.0 Å². The predicted molar refractivity (Wildman–Crippen MR) is 106 cm³/mol. The van der Waals surface area contributed by atoms with Crippen molar-refractivity contribution in [3.63, 3.8) is 0 Å². The highest BCUT2D eigenvalue weighted by Gasteiger charge is 2.42. The maximum absolute atomic E-state index is 6.28. The molecule has 2 bridgehead atoms. The third-order valence-electron chi connectivity index (χ3n) is 6.95. The van der Waals surface area contributed by atoms with Gasteiger partial charge in [0, 0.05) is 44.0 Å². The quantitative estimate of drug-likeness (QED) is 0.602. The minimum absolute atomic E-state index is 0.288. The molecule has 0 amide bonds. The number of hydrazine groups is 1. The van der Waals surface area contributed by atoms with Crippen LogP contribution in [0.2, 0.25) is 0 Å². The minimum Gasteiger partial charge on any atom is -0.369 e. The van der Waals surface area contributed by atoms with Gasteiger partial charge in [-0.25, -0.2) is 9.98 Å². The van der Waals surface area contributed by atoms with Gasteiger partial charge in [-0.15, -0.1) is 0 Å². The van der Waals surface area contributed by atoms with E-state index in [1.807, 2.05) is 0 Å². The molecule has 6 N–H and O–H groups in total. The van der Waals surface area contributed by atoms with Crippen LogP contribution < -0.4 is 27.2 Å². The molecule has 8 heteroatoms. The van der Waals surface area contributed by atoms with Gasteiger partial charge in [0.15, 0.2) is 0 Å². The normalized spacial score (nSPS) is 36.1. The van der Waals surface area contributed by atoms with Crippen LogP contribution in [0.3, 0.4) is 0 Å². The Balaban J connectivity index is 1.26. The summed E-state index contributed by atoms with van der Waals surface area (Å²) >= 11 is 0. The first-order chi connectivity index (χ1) is 13.0. The molecule has 0 radical (unpaired) electrons. The van der Waals surface area contributed by atoms with Gasteiger partial charge in [0.25, 0.3) is 0 Å². The molecule has 3 heterocycles. The fraction of sp³-hybridized carbons (Fsp3) is 0.684. The van der Waals surface area contributed by atoms with E-state index in [1.54, 1.807) is 6.20 Å². The number of aliphatic imine (C=N–C) groups is 1. The zero-order chi connectivity index (χ0) is 18.6. The van der Waals surface area contributed by atoms with E-state index in [1.165, 1.54) is 25.7 Å². The summed E-state index contributed by atoms with van der Waals surface area (Å²) in [6, 6.07) is 2.89. The molecule has 4 aliphatic rings. The van der Waals surface area contributed by atoms with Gasteiger partial charge < -0.3 is 10.6 Å². The lowest BCUT2D eigenvalue weighted by Gasteiger charge is -2.41. The van der Waals surface area contributed by atoms with Crippen LogP contribution in [0.5, 0.6) is 0 Å². The topological polar surface area (TPSA) is 108 Å². The molecule has 3 fully saturated rings. The number of pyridine rings is 1. The largest absolute Gasteiger partial charge is 0.369 e. The van der Waals surface area contributed by atoms with Crippen LogP contribution in [-0.4, -0.2) is 48.1 Å². The number of nitrogens with two attached hydrogens (primary N) is 2. The summed E-state index contributed by atoms with van der Waals surface area (Å²) in [4.78, 5) is 14.1. The number of guanidine groups is 1. The van der Waals surface area contributed by atoms with Crippen molar-refractivity contribution < 1.29 is 0 Å². The summed E-state index contributed by atoms with van der Waals surface area (Å²) < 4.78 is 0. The van der Waals surface area contributed by atoms with Crippen molar-refractivity contribution in [1.82, 2.24) is 20.7 Å². The third kappa shape index (κ3) is 2.96. The maximum atomic E-state index is 6.28. The van der Waals surface area contributed by atoms with Crippen LogP contribution in [0.4, 0.5) is 5.82 Å². The first-order valence-corrected chi connectivity index (χ1v) is 10.2. The number of nitrogens with one attached hydrogen (secondary N) is 2. The molecule has 5 rings (SSSR count). The van der Waals surface area contributed by atoms with Crippen LogP contribution >= 0.6 is 0 Å². The van der Waals surface area contributed by atoms with Gasteiger partial charge in [-0.05, 0) is 49.7 Å². The Bertz CT molecular complexity index is 756. The van der Waals surface area contributed by atoms with Crippen molar-refractivity contribution in [1.29, 1.82) is 0 Å². The summed E-state index contributed by atoms with van der Waals surface area (Å²) in [5.74, 6) is 2.25. The number of nitrogens with zero attached hydrogens (tertiary/aromatic N) is 4. The van der Waals surface area contributed by atoms with Crippen LogP contribution in [0, 0.1) is 18.8 Å². The van der Waals surface area contributed by atoms with Gasteiger partial charge in [0.2, 0.25) is 11.7 Å². The molecule has 0 aromatic carbocycles. The highest BCUT2D eigenvalue weighted by atomic mass is 15.6. The molecule has 2 aliphatic carbocycles. The lowest BCUT2D eigenvalue weighted by molar-refractivity contribution is 0.134. The first-order valence-electron chi connectivity index (χ1n) is 10.2. The van der Waals surface area contributed by atoms with E-state index in [0.29, 0.717) is 0 Å². The number of hydrogen-bond acceptors (Lipinski definition) is 8. The molecular formula is C19H30N8. The van der Waals surface area contributed by atoms with Crippen molar-refractivity contribution >= 4 is 11.8 Å². The Kier molecular flexibility index (Phi) is 4.03. The number of aryl methyl sites for hydroxylation is 1. The maximum Gasteiger partial charge on any atom is 0.210 e. The minimum atomic E-state index is -1.05. The van der Waals surface area contributed by atoms with Crippen molar-refractivity contribution in [2.45, 2.75) is 44.4 Å². The summed E-state index contributed by atoms with van der Waals surface area (Å²) in [5, 5.41) is 0. The number of fused-ring (bicyclic) bond motifs is 2. The van der Waals surface area contributed by atoms with Crippen LogP contribution in [0.15, 0.2) is 17.3 Å². The molecular weight excluding hydrogens is 340 g/mol. The first kappa shape index (κ1) is 17.2. The van der Waals surface area contributed by atoms with Gasteiger partial charge >= 0.3 is 0 Å². The highest BCUT2D eigenvalue weighted by Crippen LogP contribution is 2.46. The summed E-state index contributed by atoms with van der Waals surface area (Å²) in [6.07, 6.45) is 7.64. The predicted octanol–water partition coefficient (Wildman–Crippen LogP) is 0.192. The Morgan fingerprint density at radius 3 is 2.59 bits per heavy atom. The van der Waals surface area contributed by atoms with Crippen LogP contribution in [0.1, 0.15) is 36.8 Å². The number of hydrogen-bond donors (Lipinski definition) is 4. The number of aromatic nitrogens is 1. The zero-order valence-corrected chi connectivity index (χ0v) is 16.0. The van der Waals surface area contributed by atoms with Crippen molar-refractivity contribution in [2.24, 2.45) is 28.3 Å². The van der Waals surface area contributed by atoms with E-state index in [4.69, 9.17) is 16.5 Å². The van der Waals surface area contributed by atoms with Crippen molar-refractivity contribution in [2.75, 3.05) is 31.1 Å². The Morgan fingerprint density at radius 1 is 1.19 bits per heavy atom. The van der Waals surface area contributed by atoms with Gasteiger partial charge in [0.05, 0.1) is 0 Å². The fourth-order valence-corrected chi connectivity index (χ4v) is 5.57. The Labute approximate surface area is 160 Å². The molecule has 2 saturated carbocycles. The van der Waals surface area contributed by atoms with Gasteiger partial charge in [-0.2, -0.15) is 5.43 Å². The second-order valence-corrected chi connectivity index (χ2v) is 8.64. The molecule has 4 atom stereocenters. The average Bonchev–Trinajstić information content (AvgIpc) is 3.38. The molecule has 1 aromatic rings. The SMILES string of the molecule is Cc1cc(C2(N)N=C(N)NN2)cnc1N1CCN([C@H]2C[C@@H]3CC[C@H]2C3)CC1. The Hall–Kier alpha value is -1.90. The molecule has 27 heavy (non-hydrogen) atoms. The van der Waals surface area contributed by atoms with Crippen molar-refractivity contribution in [3.8, 4) is 0 Å². The summed E-state index contributed by atoms with van der Waals surface area (Å²) in [5.41, 5.74) is 19.6. The summed E-state index contributed by atoms with van der Waals surface area (Å²) in [7, 11) is 0. The second kappa shape index (κ2) is 6.32. The number of piperazine rings is 1. The second-order valence-electron chi connectivity index (χ2n) is 8.64. The van der Waals surface area contributed by atoms with Gasteiger partial charge in [0.1, 0.15) is 5.82 Å². The molecule has 8 nitrogen and oxygen atoms in total. The number of rotatable bonds is 3. The highest BCUT2D eigenvalue weighted by molar-refractivity contribution is 5.79. The molecule has 1 aromatic heterocycles. The zero-order valence-electron chi connectivity index (χ0n) is 16.0. The van der Waals surface area contributed by atoms with E-state index in [9.17, 15) is 0 Å². The third-order valence-corrected chi connectivity index (χ3v) is 6.95. The summed E-state index contributed by atoms with van der Waals surface area (Å²) in [6.45, 7) is 6.46. The van der Waals surface area contributed by atoms with Crippen LogP contribution in [0.25, 0.3) is 0 Å². The number of anilines is 1. The lowest BCUT2D eigenvalue weighted by atomic mass is 9.93. The van der Waals surface area contributed by atoms with Gasteiger partial charge in [-0.1, -0.05) is 6.42 Å². The van der Waals surface area contributed by atoms with E-state index < -0.39 is 5.79 Å². The molecule has 146 valence electrons. The van der Waals surface area contributed by atoms with E-state index in [-0.39, 0.29) is 5.96 Å². The average molecular weight is 371 g/mol. The fourth-order valence-electron chi connectivity index (χ4n) is 5.57. The van der Waals surface area contributed by atoms with E-state index >= 15 is 0 Å². The van der Waals surface area contributed by atoms with Crippen LogP contribution in [-0.2, 0) is 5.79 Å². The Morgan fingerprint density at radius 2 is 2.00 bits per heavy atom. The lowest BCUT2D eigenvalue weighted by Crippen LogP contribution is -2.52. The molecule has 2 aliphatic heterocycles. The molecule has 1 saturated heterocycles. The van der Waals surface area contributed by atoms with Gasteiger partial charge in [-0.3, -0.25) is 16.1 Å². The molecule has 0 spiro atoms. The van der Waals surface area contributed by atoms with Crippen molar-refractivity contribution in [3.05, 3.63) is 23.4 Å².